The average molecular weight is 346 g/mol. The van der Waals surface area contributed by atoms with Crippen molar-refractivity contribution in [2.75, 3.05) is 12.4 Å². The fourth-order valence-corrected chi connectivity index (χ4v) is 2.18. The highest BCUT2D eigenvalue weighted by Gasteiger charge is 2.05. The van der Waals surface area contributed by atoms with Crippen LogP contribution in [0.3, 0.4) is 0 Å². The molecule has 2 aromatic carbocycles. The minimum Gasteiger partial charge on any atom is -0.497 e. The van der Waals surface area contributed by atoms with Crippen LogP contribution in [0.2, 0.25) is 5.02 Å². The van der Waals surface area contributed by atoms with Crippen LogP contribution in [-0.2, 0) is 0 Å². The Labute approximate surface area is 142 Å². The van der Waals surface area contributed by atoms with Gasteiger partial charge in [0.15, 0.2) is 5.82 Å². The molecule has 24 heavy (non-hydrogen) atoms. The first-order valence-corrected chi connectivity index (χ1v) is 7.36. The second-order valence-electron chi connectivity index (χ2n) is 4.75. The Hall–Kier alpha value is -2.93. The van der Waals surface area contributed by atoms with E-state index >= 15 is 0 Å². The van der Waals surface area contributed by atoms with E-state index in [9.17, 15) is 4.39 Å². The number of ether oxygens (including phenoxy) is 1. The summed E-state index contributed by atoms with van der Waals surface area (Å²) in [6.07, 6.45) is 3.34. The molecule has 6 nitrogen and oxygen atoms in total. The van der Waals surface area contributed by atoms with Crippen molar-refractivity contribution in [3.8, 4) is 11.4 Å². The molecule has 0 saturated carbocycles. The second-order valence-corrected chi connectivity index (χ2v) is 5.16. The van der Waals surface area contributed by atoms with Gasteiger partial charge in [-0.25, -0.2) is 4.39 Å². The summed E-state index contributed by atoms with van der Waals surface area (Å²) in [4.78, 5) is 0. The minimum absolute atomic E-state index is 0.0523. The third kappa shape index (κ3) is 3.52. The highest BCUT2D eigenvalue weighted by atomic mass is 35.5. The predicted octanol–water partition coefficient (Wildman–Crippen LogP) is 3.55. The van der Waals surface area contributed by atoms with Gasteiger partial charge in [-0.3, -0.25) is 0 Å². The number of methoxy groups -OCH3 is 1. The molecule has 3 rings (SSSR count). The summed E-state index contributed by atoms with van der Waals surface area (Å²) in [5, 5.41) is 14.6. The molecule has 0 aliphatic carbocycles. The Morgan fingerprint density at radius 3 is 2.71 bits per heavy atom. The van der Waals surface area contributed by atoms with Gasteiger partial charge in [-0.2, -0.15) is 4.68 Å². The first-order chi connectivity index (χ1) is 11.7. The first-order valence-electron chi connectivity index (χ1n) is 6.98. The molecule has 0 aliphatic heterocycles. The van der Waals surface area contributed by atoms with E-state index in [0.29, 0.717) is 11.5 Å². The lowest BCUT2D eigenvalue weighted by atomic mass is 10.3. The smallest absolute Gasteiger partial charge is 0.181 e. The lowest BCUT2D eigenvalue weighted by Gasteiger charge is -2.04. The lowest BCUT2D eigenvalue weighted by Crippen LogP contribution is -2.00. The number of hydrogen-bond donors (Lipinski definition) is 1. The molecule has 8 heteroatoms. The highest BCUT2D eigenvalue weighted by Crippen LogP contribution is 2.19. The number of aromatic nitrogens is 4. The second kappa shape index (κ2) is 7.10. The fraction of sp³-hybridized carbons (Fsp3) is 0.0625. The molecule has 0 aliphatic rings. The van der Waals surface area contributed by atoms with Crippen LogP contribution in [0.15, 0.2) is 48.7 Å². The van der Waals surface area contributed by atoms with E-state index in [1.165, 1.54) is 12.1 Å². The van der Waals surface area contributed by atoms with Gasteiger partial charge in [-0.05, 0) is 52.9 Å². The lowest BCUT2D eigenvalue weighted by molar-refractivity contribution is 0.414. The highest BCUT2D eigenvalue weighted by molar-refractivity contribution is 6.31. The van der Waals surface area contributed by atoms with Crippen LogP contribution in [0.1, 0.15) is 5.82 Å². The predicted molar refractivity (Wildman–Crippen MR) is 89.8 cm³/mol. The van der Waals surface area contributed by atoms with Gasteiger partial charge in [0.25, 0.3) is 0 Å². The van der Waals surface area contributed by atoms with E-state index < -0.39 is 5.82 Å². The van der Waals surface area contributed by atoms with E-state index in [-0.39, 0.29) is 5.02 Å². The molecular weight excluding hydrogens is 333 g/mol. The molecule has 3 aromatic rings. The van der Waals surface area contributed by atoms with Crippen molar-refractivity contribution in [3.63, 3.8) is 0 Å². The molecule has 1 aromatic heterocycles. The van der Waals surface area contributed by atoms with Gasteiger partial charge in [-0.15, -0.1) is 5.10 Å². The van der Waals surface area contributed by atoms with Crippen molar-refractivity contribution < 1.29 is 9.13 Å². The SMILES string of the molecule is COc1ccc(-n2nnnc2/C=C\Nc2ccc(F)c(Cl)c2)cc1. The van der Waals surface area contributed by atoms with Gasteiger partial charge in [0.05, 0.1) is 17.8 Å². The Bertz CT molecular complexity index is 863. The van der Waals surface area contributed by atoms with E-state index in [0.717, 1.165) is 11.4 Å². The Morgan fingerprint density at radius 2 is 2.00 bits per heavy atom. The molecule has 1 N–H and O–H groups in total. The largest absolute Gasteiger partial charge is 0.497 e. The van der Waals surface area contributed by atoms with Crippen LogP contribution >= 0.6 is 11.6 Å². The minimum atomic E-state index is -0.463. The zero-order chi connectivity index (χ0) is 16.9. The van der Waals surface area contributed by atoms with Gasteiger partial charge >= 0.3 is 0 Å². The summed E-state index contributed by atoms with van der Waals surface area (Å²) in [6.45, 7) is 0. The monoisotopic (exact) mass is 345 g/mol. The normalized spacial score (nSPS) is 11.0. The molecule has 0 radical (unpaired) electrons. The standard InChI is InChI=1S/C16H13ClFN5O/c1-24-13-5-3-12(4-6-13)23-16(20-21-22-23)8-9-19-11-2-7-15(18)14(17)10-11/h2-10,19H,1H3/b9-8-. The summed E-state index contributed by atoms with van der Waals surface area (Å²) in [5.74, 6) is 0.814. The van der Waals surface area contributed by atoms with Gasteiger partial charge in [0.2, 0.25) is 0 Å². The molecule has 0 unspecified atom stereocenters. The van der Waals surface area contributed by atoms with Crippen molar-refractivity contribution in [1.82, 2.24) is 20.2 Å². The van der Waals surface area contributed by atoms with Gasteiger partial charge in [-0.1, -0.05) is 11.6 Å². The number of nitrogens with zero attached hydrogens (tertiary/aromatic N) is 4. The van der Waals surface area contributed by atoms with Crippen LogP contribution in [0.4, 0.5) is 10.1 Å². The number of rotatable bonds is 5. The number of tetrazole rings is 1. The van der Waals surface area contributed by atoms with Gasteiger partial charge in [0.1, 0.15) is 11.6 Å². The first kappa shape index (κ1) is 15.9. The van der Waals surface area contributed by atoms with E-state index in [2.05, 4.69) is 20.8 Å². The van der Waals surface area contributed by atoms with Crippen molar-refractivity contribution in [2.24, 2.45) is 0 Å². The van der Waals surface area contributed by atoms with Crippen molar-refractivity contribution in [1.29, 1.82) is 0 Å². The van der Waals surface area contributed by atoms with Crippen LogP contribution in [0.5, 0.6) is 5.75 Å². The molecule has 0 bridgehead atoms. The Balaban J connectivity index is 1.76. The van der Waals surface area contributed by atoms with E-state index in [1.807, 2.05) is 24.3 Å². The molecule has 0 saturated heterocycles. The van der Waals surface area contributed by atoms with Crippen LogP contribution < -0.4 is 10.1 Å². The van der Waals surface area contributed by atoms with Crippen molar-refractivity contribution in [3.05, 3.63) is 65.3 Å². The quantitative estimate of drug-likeness (QED) is 0.766. The maximum Gasteiger partial charge on any atom is 0.181 e. The zero-order valence-electron chi connectivity index (χ0n) is 12.6. The van der Waals surface area contributed by atoms with E-state index in [4.69, 9.17) is 16.3 Å². The summed E-state index contributed by atoms with van der Waals surface area (Å²) in [7, 11) is 1.60. The summed E-state index contributed by atoms with van der Waals surface area (Å²) in [6, 6.07) is 11.7. The number of nitrogens with one attached hydrogen (secondary N) is 1. The topological polar surface area (TPSA) is 64.9 Å². The number of halogens is 2. The van der Waals surface area contributed by atoms with Gasteiger partial charge in [0, 0.05) is 18.0 Å². The summed E-state index contributed by atoms with van der Waals surface area (Å²) in [5.41, 5.74) is 1.45. The van der Waals surface area contributed by atoms with Crippen LogP contribution in [0, 0.1) is 5.82 Å². The maximum atomic E-state index is 13.1. The van der Waals surface area contributed by atoms with Crippen molar-refractivity contribution in [2.45, 2.75) is 0 Å². The van der Waals surface area contributed by atoms with Gasteiger partial charge < -0.3 is 10.1 Å². The molecule has 0 atom stereocenters. The fourth-order valence-electron chi connectivity index (χ4n) is 2.00. The zero-order valence-corrected chi connectivity index (χ0v) is 13.4. The third-order valence-electron chi connectivity index (χ3n) is 3.21. The third-order valence-corrected chi connectivity index (χ3v) is 3.50. The number of benzene rings is 2. The number of hydrogen-bond acceptors (Lipinski definition) is 5. The molecule has 122 valence electrons. The molecule has 0 fully saturated rings. The van der Waals surface area contributed by atoms with Crippen molar-refractivity contribution >= 4 is 23.4 Å². The van der Waals surface area contributed by atoms with E-state index in [1.54, 1.807) is 30.1 Å². The van der Waals surface area contributed by atoms with Crippen LogP contribution in [0.25, 0.3) is 11.8 Å². The maximum absolute atomic E-state index is 13.1. The van der Waals surface area contributed by atoms with Crippen LogP contribution in [-0.4, -0.2) is 27.3 Å². The number of anilines is 1. The average Bonchev–Trinajstić information content (AvgIpc) is 3.06. The summed E-state index contributed by atoms with van der Waals surface area (Å²) >= 11 is 5.74. The Morgan fingerprint density at radius 1 is 1.21 bits per heavy atom. The molecule has 1 heterocycles. The molecule has 0 spiro atoms. The summed E-state index contributed by atoms with van der Waals surface area (Å²) < 4.78 is 19.8. The Kier molecular flexibility index (Phi) is 4.72. The molecular formula is C16H13ClFN5O. The molecule has 0 amide bonds.